The molecule has 4 aromatic heterocycles. The van der Waals surface area contributed by atoms with Crippen molar-refractivity contribution >= 4 is 89.5 Å². The van der Waals surface area contributed by atoms with Gasteiger partial charge in [-0.2, -0.15) is 0 Å². The summed E-state index contributed by atoms with van der Waals surface area (Å²) in [6, 6.07) is 30.8. The number of methoxy groups -OCH3 is 2. The van der Waals surface area contributed by atoms with E-state index in [1.807, 2.05) is 72.8 Å². The predicted molar refractivity (Wildman–Crippen MR) is 206 cm³/mol. The molecule has 10 heteroatoms. The van der Waals surface area contributed by atoms with Crippen molar-refractivity contribution in [2.75, 3.05) is 14.2 Å². The van der Waals surface area contributed by atoms with Crippen molar-refractivity contribution < 1.29 is 29.3 Å². The quantitative estimate of drug-likeness (QED) is 0.122. The molecule has 256 valence electrons. The van der Waals surface area contributed by atoms with E-state index in [9.17, 15) is 19.8 Å². The molecular weight excluding hydrogens is 668 g/mol. The van der Waals surface area contributed by atoms with Crippen LogP contribution in [0.25, 0.3) is 88.7 Å². The van der Waals surface area contributed by atoms with Crippen LogP contribution in [0.15, 0.2) is 103 Å². The molecular formula is C43H28N4O6. The van der Waals surface area contributed by atoms with Gasteiger partial charge < -0.3 is 24.7 Å². The number of hydrogen-bond acceptors (Lipinski definition) is 9. The average Bonchev–Trinajstić information content (AvgIpc) is 3.88. The largest absolute Gasteiger partial charge is 0.507 e. The number of H-pyrrole nitrogens is 1. The van der Waals surface area contributed by atoms with E-state index in [0.29, 0.717) is 66.0 Å². The molecule has 1 aliphatic heterocycles. The first-order valence-corrected chi connectivity index (χ1v) is 16.7. The highest BCUT2D eigenvalue weighted by molar-refractivity contribution is 6.10. The zero-order chi connectivity index (χ0) is 36.4. The molecule has 0 saturated heterocycles. The lowest BCUT2D eigenvalue weighted by Gasteiger charge is -2.08. The van der Waals surface area contributed by atoms with Crippen molar-refractivity contribution in [1.29, 1.82) is 0 Å². The molecule has 9 rings (SSSR count). The van der Waals surface area contributed by atoms with E-state index in [4.69, 9.17) is 24.4 Å². The molecule has 0 saturated carbocycles. The minimum absolute atomic E-state index is 0.0871. The number of phenolic OH excluding ortho intramolecular Hbond substituents is 2. The van der Waals surface area contributed by atoms with Gasteiger partial charge in [0.2, 0.25) is 0 Å². The van der Waals surface area contributed by atoms with Gasteiger partial charge in [-0.25, -0.2) is 24.5 Å². The van der Waals surface area contributed by atoms with Crippen molar-refractivity contribution in [2.24, 2.45) is 0 Å². The van der Waals surface area contributed by atoms with Gasteiger partial charge in [0, 0.05) is 48.9 Å². The summed E-state index contributed by atoms with van der Waals surface area (Å²) in [4.78, 5) is 44.5. The number of carbonyl (C=O) groups excluding carboxylic acids is 2. The van der Waals surface area contributed by atoms with Crippen molar-refractivity contribution in [3.8, 4) is 22.6 Å². The Balaban J connectivity index is 1.54. The number of fused-ring (bicyclic) bond motifs is 14. The third-order valence-corrected chi connectivity index (χ3v) is 9.61. The topological polar surface area (TPSA) is 148 Å². The number of nitrogens with one attached hydrogen (secondary N) is 1. The Morgan fingerprint density at radius 1 is 0.566 bits per heavy atom. The highest BCUT2D eigenvalue weighted by Crippen LogP contribution is 2.38. The number of nitrogens with zero attached hydrogens (tertiary/aromatic N) is 3. The number of pyridine rings is 2. The van der Waals surface area contributed by atoms with Crippen LogP contribution in [0.4, 0.5) is 0 Å². The molecule has 0 unspecified atom stereocenters. The average molecular weight is 697 g/mol. The van der Waals surface area contributed by atoms with Crippen LogP contribution in [0, 0.1) is 0 Å². The van der Waals surface area contributed by atoms with Gasteiger partial charge in [0.25, 0.3) is 0 Å². The van der Waals surface area contributed by atoms with Gasteiger partial charge in [-0.1, -0.05) is 54.6 Å². The van der Waals surface area contributed by atoms with E-state index in [1.165, 1.54) is 14.2 Å². The predicted octanol–water partition coefficient (Wildman–Crippen LogP) is 8.94. The van der Waals surface area contributed by atoms with E-state index in [1.54, 1.807) is 42.5 Å². The normalized spacial score (nSPS) is 11.8. The summed E-state index contributed by atoms with van der Waals surface area (Å²) in [5.41, 5.74) is 6.09. The number of ether oxygens (including phenoxy) is 2. The van der Waals surface area contributed by atoms with Crippen LogP contribution >= 0.6 is 0 Å². The summed E-state index contributed by atoms with van der Waals surface area (Å²) in [5, 5.41) is 26.7. The Morgan fingerprint density at radius 3 is 1.68 bits per heavy atom. The number of phenols is 2. The van der Waals surface area contributed by atoms with Gasteiger partial charge in [-0.3, -0.25) is 0 Å². The van der Waals surface area contributed by atoms with Crippen LogP contribution in [0.1, 0.15) is 32.1 Å². The number of esters is 2. The first-order chi connectivity index (χ1) is 25.8. The standard InChI is InChI=1S/C43H28N4O6/c1-52-42(50)25-18-27-31-14-16-35(44-31)37(22-6-4-3-5-7-22)36-17-15-32(45-36)28-19-26(43(51)53-2)21-30(41(28)49)34-13-11-24-9-8-23-10-12-33(29(20-25)40(27)48)46-38(23)39(24)47-34/h3-21,44,48-49H,1-2H3. The van der Waals surface area contributed by atoms with Gasteiger partial charge in [0.15, 0.2) is 0 Å². The fourth-order valence-electron chi connectivity index (χ4n) is 6.99. The maximum absolute atomic E-state index is 13.0. The molecule has 0 amide bonds. The number of hydrogen-bond donors (Lipinski definition) is 3. The minimum atomic E-state index is -0.585. The smallest absolute Gasteiger partial charge is 0.337 e. The summed E-state index contributed by atoms with van der Waals surface area (Å²) >= 11 is 0. The lowest BCUT2D eigenvalue weighted by molar-refractivity contribution is 0.0592. The SMILES string of the molecule is COC(=O)c1cc2c3nc(c(-c4ccccc4)c4ccc([nH]4)c4cc(C(=O)OC)cc(c4O)c4ccc5ccc6ccc(nc6c5n4)c(c1)c2O)C=C3. The molecule has 3 N–H and O–H groups in total. The van der Waals surface area contributed by atoms with Crippen molar-refractivity contribution in [1.82, 2.24) is 19.9 Å². The van der Waals surface area contributed by atoms with Crippen LogP contribution in [0.3, 0.4) is 0 Å². The number of aromatic nitrogens is 4. The number of aromatic hydroxyl groups is 2. The lowest BCUT2D eigenvalue weighted by atomic mass is 10.0. The number of carbonyl (C=O) groups is 2. The van der Waals surface area contributed by atoms with Crippen LogP contribution in [-0.2, 0) is 9.47 Å². The Hall–Kier alpha value is -7.33. The maximum atomic E-state index is 13.0. The third-order valence-electron chi connectivity index (χ3n) is 9.61. The van der Waals surface area contributed by atoms with E-state index in [0.717, 1.165) is 21.9 Å². The van der Waals surface area contributed by atoms with Gasteiger partial charge in [0.05, 0.1) is 58.8 Å². The number of benzene rings is 4. The van der Waals surface area contributed by atoms with Crippen molar-refractivity contribution in [2.45, 2.75) is 0 Å². The van der Waals surface area contributed by atoms with Gasteiger partial charge in [-0.15, -0.1) is 0 Å². The lowest BCUT2D eigenvalue weighted by Crippen LogP contribution is -2.01. The van der Waals surface area contributed by atoms with Crippen molar-refractivity contribution in [3.05, 3.63) is 126 Å². The van der Waals surface area contributed by atoms with Gasteiger partial charge >= 0.3 is 11.9 Å². The minimum Gasteiger partial charge on any atom is -0.507 e. The molecule has 12 bridgehead atoms. The molecule has 1 aliphatic rings. The maximum Gasteiger partial charge on any atom is 0.337 e. The molecule has 8 aromatic rings. The molecule has 0 fully saturated rings. The van der Waals surface area contributed by atoms with Crippen LogP contribution in [0.5, 0.6) is 11.5 Å². The molecule has 0 spiro atoms. The van der Waals surface area contributed by atoms with Gasteiger partial charge in [-0.05, 0) is 66.2 Å². The summed E-state index contributed by atoms with van der Waals surface area (Å²) < 4.78 is 10.2. The zero-order valence-electron chi connectivity index (χ0n) is 28.3. The van der Waals surface area contributed by atoms with Crippen LogP contribution in [0.2, 0.25) is 0 Å². The Morgan fingerprint density at radius 2 is 1.08 bits per heavy atom. The van der Waals surface area contributed by atoms with E-state index in [2.05, 4.69) is 4.98 Å². The summed E-state index contributed by atoms with van der Waals surface area (Å²) in [5.74, 6) is -1.36. The van der Waals surface area contributed by atoms with E-state index < -0.39 is 11.9 Å². The second-order valence-corrected chi connectivity index (χ2v) is 12.7. The Bertz CT molecular complexity index is 3040. The fraction of sp³-hybridized carbons (Fsp3) is 0.0465. The molecule has 10 nitrogen and oxygen atoms in total. The van der Waals surface area contributed by atoms with Crippen molar-refractivity contribution in [3.63, 3.8) is 0 Å². The second-order valence-electron chi connectivity index (χ2n) is 12.7. The Kier molecular flexibility index (Phi) is 7.26. The number of rotatable bonds is 3. The molecule has 4 aromatic carbocycles. The first kappa shape index (κ1) is 31.6. The van der Waals surface area contributed by atoms with Crippen LogP contribution in [-0.4, -0.2) is 56.3 Å². The molecule has 0 atom stereocenters. The highest BCUT2D eigenvalue weighted by Gasteiger charge is 2.19. The summed E-state index contributed by atoms with van der Waals surface area (Å²) in [7, 11) is 2.61. The fourth-order valence-corrected chi connectivity index (χ4v) is 6.99. The highest BCUT2D eigenvalue weighted by atomic mass is 16.5. The molecule has 53 heavy (non-hydrogen) atoms. The number of aromatic amines is 1. The van der Waals surface area contributed by atoms with Gasteiger partial charge in [0.1, 0.15) is 11.5 Å². The second kappa shape index (κ2) is 12.2. The monoisotopic (exact) mass is 696 g/mol. The third kappa shape index (κ3) is 5.15. The van der Waals surface area contributed by atoms with E-state index in [-0.39, 0.29) is 22.6 Å². The van der Waals surface area contributed by atoms with E-state index >= 15 is 0 Å². The summed E-state index contributed by atoms with van der Waals surface area (Å²) in [6.45, 7) is 0. The first-order valence-electron chi connectivity index (χ1n) is 16.7. The van der Waals surface area contributed by atoms with Crippen LogP contribution < -0.4 is 0 Å². The zero-order valence-corrected chi connectivity index (χ0v) is 28.3. The molecule has 5 heterocycles. The molecule has 0 aliphatic carbocycles. The molecule has 0 radical (unpaired) electrons. The Labute approximate surface area is 300 Å². The summed E-state index contributed by atoms with van der Waals surface area (Å²) in [6.07, 6.45) is 3.63.